The Morgan fingerprint density at radius 3 is 2.68 bits per heavy atom. The third kappa shape index (κ3) is 2.10. The quantitative estimate of drug-likeness (QED) is 0.896. The van der Waals surface area contributed by atoms with Gasteiger partial charge in [-0.05, 0) is 23.4 Å². The maximum Gasteiger partial charge on any atom is 0.308 e. The molecule has 0 unspecified atom stereocenters. The highest BCUT2D eigenvalue weighted by molar-refractivity contribution is 5.87. The van der Waals surface area contributed by atoms with Crippen LogP contribution in [0.3, 0.4) is 0 Å². The van der Waals surface area contributed by atoms with E-state index < -0.39 is 5.97 Å². The Bertz CT molecular complexity index is 618. The number of carboxylic acid groups (broad SMARTS) is 1. The Kier molecular flexibility index (Phi) is 2.99. The highest BCUT2D eigenvalue weighted by Gasteiger charge is 2.37. The molecule has 0 aromatic heterocycles. The largest absolute Gasteiger partial charge is 0.481 e. The molecule has 1 aliphatic heterocycles. The standard InChI is InChI=1S/C16H17NO2/c1-17-9-14(15(10-17)16(18)19)13-8-4-6-11-5-2-3-7-12(11)13/h2-8,14-15H,9-10H2,1H3,(H,18,19)/t14-,15+/m0/s1. The fourth-order valence-electron chi connectivity index (χ4n) is 3.14. The summed E-state index contributed by atoms with van der Waals surface area (Å²) >= 11 is 0. The summed E-state index contributed by atoms with van der Waals surface area (Å²) in [5.41, 5.74) is 1.16. The molecule has 2 atom stereocenters. The minimum atomic E-state index is -0.692. The summed E-state index contributed by atoms with van der Waals surface area (Å²) in [5, 5.41) is 11.8. The third-order valence-corrected chi connectivity index (χ3v) is 4.04. The number of carbonyl (C=O) groups is 1. The van der Waals surface area contributed by atoms with Gasteiger partial charge in [0.25, 0.3) is 0 Å². The van der Waals surface area contributed by atoms with E-state index in [0.717, 1.165) is 12.1 Å². The molecule has 0 saturated carbocycles. The lowest BCUT2D eigenvalue weighted by Gasteiger charge is -2.17. The molecule has 1 N–H and O–H groups in total. The molecule has 1 saturated heterocycles. The molecule has 0 bridgehead atoms. The van der Waals surface area contributed by atoms with E-state index in [1.165, 1.54) is 10.8 Å². The van der Waals surface area contributed by atoms with Crippen molar-refractivity contribution in [1.29, 1.82) is 0 Å². The highest BCUT2D eigenvalue weighted by atomic mass is 16.4. The second-order valence-electron chi connectivity index (χ2n) is 5.34. The van der Waals surface area contributed by atoms with E-state index in [2.05, 4.69) is 29.2 Å². The number of rotatable bonds is 2. The van der Waals surface area contributed by atoms with Crippen molar-refractivity contribution in [3.8, 4) is 0 Å². The average molecular weight is 255 g/mol. The van der Waals surface area contributed by atoms with E-state index in [9.17, 15) is 9.90 Å². The van der Waals surface area contributed by atoms with Crippen molar-refractivity contribution in [2.45, 2.75) is 5.92 Å². The maximum atomic E-state index is 11.4. The Balaban J connectivity index is 2.11. The molecule has 0 amide bonds. The van der Waals surface area contributed by atoms with Crippen molar-refractivity contribution < 1.29 is 9.90 Å². The van der Waals surface area contributed by atoms with Gasteiger partial charge < -0.3 is 10.0 Å². The average Bonchev–Trinajstić information content (AvgIpc) is 2.80. The van der Waals surface area contributed by atoms with Gasteiger partial charge in [0.15, 0.2) is 0 Å². The molecular weight excluding hydrogens is 238 g/mol. The first-order chi connectivity index (χ1) is 9.16. The predicted octanol–water partition coefficient (Wildman–Crippen LogP) is 2.57. The molecule has 2 aromatic rings. The van der Waals surface area contributed by atoms with Gasteiger partial charge in [0.1, 0.15) is 0 Å². The normalized spacial score (nSPS) is 23.8. The summed E-state index contributed by atoms with van der Waals surface area (Å²) < 4.78 is 0. The lowest BCUT2D eigenvalue weighted by atomic mass is 9.86. The number of nitrogens with zero attached hydrogens (tertiary/aromatic N) is 1. The van der Waals surface area contributed by atoms with Gasteiger partial charge in [0.2, 0.25) is 0 Å². The molecule has 1 fully saturated rings. The van der Waals surface area contributed by atoms with Crippen LogP contribution in [0.5, 0.6) is 0 Å². The topological polar surface area (TPSA) is 40.5 Å². The van der Waals surface area contributed by atoms with Crippen molar-refractivity contribution in [2.24, 2.45) is 5.92 Å². The van der Waals surface area contributed by atoms with Crippen molar-refractivity contribution in [3.63, 3.8) is 0 Å². The summed E-state index contributed by atoms with van der Waals surface area (Å²) in [6, 6.07) is 14.4. The Morgan fingerprint density at radius 2 is 1.89 bits per heavy atom. The van der Waals surface area contributed by atoms with Crippen LogP contribution in [0.25, 0.3) is 10.8 Å². The summed E-state index contributed by atoms with van der Waals surface area (Å²) in [7, 11) is 1.99. The van der Waals surface area contributed by atoms with E-state index in [1.54, 1.807) is 0 Å². The molecule has 0 spiro atoms. The first kappa shape index (κ1) is 12.2. The molecule has 1 heterocycles. The van der Waals surface area contributed by atoms with Crippen molar-refractivity contribution >= 4 is 16.7 Å². The molecule has 98 valence electrons. The Morgan fingerprint density at radius 1 is 1.16 bits per heavy atom. The van der Waals surface area contributed by atoms with E-state index in [1.807, 2.05) is 25.2 Å². The minimum Gasteiger partial charge on any atom is -0.481 e. The number of benzene rings is 2. The summed E-state index contributed by atoms with van der Waals surface area (Å²) in [5.74, 6) is -0.924. The second-order valence-corrected chi connectivity index (χ2v) is 5.34. The number of likely N-dealkylation sites (tertiary alicyclic amines) is 1. The molecule has 3 rings (SSSR count). The van der Waals surface area contributed by atoms with Crippen molar-refractivity contribution in [3.05, 3.63) is 48.0 Å². The third-order valence-electron chi connectivity index (χ3n) is 4.04. The lowest BCUT2D eigenvalue weighted by Crippen LogP contribution is -2.21. The first-order valence-electron chi connectivity index (χ1n) is 6.56. The van der Waals surface area contributed by atoms with Crippen LogP contribution in [0.1, 0.15) is 11.5 Å². The molecule has 3 nitrogen and oxygen atoms in total. The van der Waals surface area contributed by atoms with Crippen LogP contribution in [0, 0.1) is 5.92 Å². The van der Waals surface area contributed by atoms with Gasteiger partial charge in [-0.3, -0.25) is 4.79 Å². The first-order valence-corrected chi connectivity index (χ1v) is 6.56. The number of carboxylic acids is 1. The number of hydrogen-bond acceptors (Lipinski definition) is 2. The lowest BCUT2D eigenvalue weighted by molar-refractivity contribution is -0.141. The zero-order chi connectivity index (χ0) is 13.4. The van der Waals surface area contributed by atoms with Crippen LogP contribution in [0.15, 0.2) is 42.5 Å². The summed E-state index contributed by atoms with van der Waals surface area (Å²) in [6.45, 7) is 1.44. The molecule has 19 heavy (non-hydrogen) atoms. The second kappa shape index (κ2) is 4.67. The van der Waals surface area contributed by atoms with Gasteiger partial charge in [-0.2, -0.15) is 0 Å². The van der Waals surface area contributed by atoms with Crippen LogP contribution in [0.2, 0.25) is 0 Å². The van der Waals surface area contributed by atoms with E-state index in [-0.39, 0.29) is 11.8 Å². The monoisotopic (exact) mass is 255 g/mol. The van der Waals surface area contributed by atoms with Crippen LogP contribution in [0.4, 0.5) is 0 Å². The van der Waals surface area contributed by atoms with Gasteiger partial charge >= 0.3 is 5.97 Å². The van der Waals surface area contributed by atoms with Gasteiger partial charge in [-0.25, -0.2) is 0 Å². The number of aliphatic carboxylic acids is 1. The number of hydrogen-bond donors (Lipinski definition) is 1. The zero-order valence-electron chi connectivity index (χ0n) is 10.9. The molecule has 2 aromatic carbocycles. The van der Waals surface area contributed by atoms with Crippen LogP contribution >= 0.6 is 0 Å². The van der Waals surface area contributed by atoms with Crippen LogP contribution in [-0.4, -0.2) is 36.1 Å². The number of fused-ring (bicyclic) bond motifs is 1. The van der Waals surface area contributed by atoms with Crippen molar-refractivity contribution in [2.75, 3.05) is 20.1 Å². The van der Waals surface area contributed by atoms with E-state index >= 15 is 0 Å². The van der Waals surface area contributed by atoms with Gasteiger partial charge in [-0.1, -0.05) is 42.5 Å². The number of likely N-dealkylation sites (N-methyl/N-ethyl adjacent to an activating group) is 1. The molecule has 3 heteroatoms. The van der Waals surface area contributed by atoms with Crippen LogP contribution in [-0.2, 0) is 4.79 Å². The minimum absolute atomic E-state index is 0.0774. The summed E-state index contributed by atoms with van der Waals surface area (Å²) in [6.07, 6.45) is 0. The predicted molar refractivity (Wildman–Crippen MR) is 75.3 cm³/mol. The van der Waals surface area contributed by atoms with Gasteiger partial charge in [-0.15, -0.1) is 0 Å². The van der Waals surface area contributed by atoms with E-state index in [0.29, 0.717) is 6.54 Å². The Labute approximate surface area is 112 Å². The van der Waals surface area contributed by atoms with E-state index in [4.69, 9.17) is 0 Å². The molecule has 0 radical (unpaired) electrons. The van der Waals surface area contributed by atoms with Gasteiger partial charge in [0.05, 0.1) is 5.92 Å². The fraction of sp³-hybridized carbons (Fsp3) is 0.312. The SMILES string of the molecule is CN1C[C@@H](C(=O)O)[C@H](c2cccc3ccccc23)C1. The molecule has 0 aliphatic carbocycles. The Hall–Kier alpha value is -1.87. The molecular formula is C16H17NO2. The summed E-state index contributed by atoms with van der Waals surface area (Å²) in [4.78, 5) is 13.5. The molecule has 1 aliphatic rings. The smallest absolute Gasteiger partial charge is 0.308 e. The van der Waals surface area contributed by atoms with Crippen molar-refractivity contribution in [1.82, 2.24) is 4.90 Å². The van der Waals surface area contributed by atoms with Gasteiger partial charge in [0, 0.05) is 19.0 Å². The highest BCUT2D eigenvalue weighted by Crippen LogP contribution is 2.35. The maximum absolute atomic E-state index is 11.4. The fourth-order valence-corrected chi connectivity index (χ4v) is 3.14. The van der Waals surface area contributed by atoms with Crippen LogP contribution < -0.4 is 0 Å². The zero-order valence-corrected chi connectivity index (χ0v) is 10.9.